The number of carbonyl (C=O) groups is 2. The van der Waals surface area contributed by atoms with Gasteiger partial charge in [0, 0.05) is 11.8 Å². The van der Waals surface area contributed by atoms with Gasteiger partial charge in [-0.3, -0.25) is 9.59 Å². The smallest absolute Gasteiger partial charge is 0.192 e. The van der Waals surface area contributed by atoms with E-state index >= 15 is 4.39 Å². The van der Waals surface area contributed by atoms with Gasteiger partial charge in [-0.1, -0.05) is 13.8 Å². The summed E-state index contributed by atoms with van der Waals surface area (Å²) in [4.78, 5) is 24.3. The van der Waals surface area contributed by atoms with E-state index < -0.39 is 47.2 Å². The molecule has 3 fully saturated rings. The van der Waals surface area contributed by atoms with E-state index in [2.05, 4.69) is 0 Å². The van der Waals surface area contributed by atoms with Gasteiger partial charge in [-0.25, -0.2) is 4.39 Å². The maximum absolute atomic E-state index is 15.2. The Morgan fingerprint density at radius 2 is 1.96 bits per heavy atom. The Balaban J connectivity index is 1.80. The van der Waals surface area contributed by atoms with Crippen LogP contribution in [0.4, 0.5) is 4.39 Å². The molecule has 4 aliphatic rings. The van der Waals surface area contributed by atoms with Gasteiger partial charge < -0.3 is 20.4 Å². The molecule has 6 nitrogen and oxygen atoms in total. The lowest BCUT2D eigenvalue weighted by Crippen LogP contribution is -2.64. The summed E-state index contributed by atoms with van der Waals surface area (Å²) in [5.41, 5.74) is -3.53. The molecule has 4 rings (SSSR count). The number of aliphatic hydroxyl groups is 4. The lowest BCUT2D eigenvalue weighted by molar-refractivity contribution is -0.195. The van der Waals surface area contributed by atoms with E-state index in [1.54, 1.807) is 6.92 Å². The van der Waals surface area contributed by atoms with Gasteiger partial charge in [-0.15, -0.1) is 0 Å². The van der Waals surface area contributed by atoms with Gasteiger partial charge in [0.05, 0.1) is 12.2 Å². The molecule has 0 bridgehead atoms. The van der Waals surface area contributed by atoms with Crippen LogP contribution in [0.15, 0.2) is 11.6 Å². The molecule has 0 amide bonds. The second-order valence-corrected chi connectivity index (χ2v) is 9.77. The maximum Gasteiger partial charge on any atom is 0.192 e. The van der Waals surface area contributed by atoms with Crippen LogP contribution in [-0.4, -0.2) is 62.6 Å². The first-order chi connectivity index (χ1) is 13.0. The zero-order valence-corrected chi connectivity index (χ0v) is 16.3. The number of allylic oxidation sites excluding steroid dienone is 1. The average Bonchev–Trinajstić information content (AvgIpc) is 2.83. The minimum absolute atomic E-state index is 0.0753. The molecule has 0 heterocycles. The number of alkyl halides is 1. The van der Waals surface area contributed by atoms with Gasteiger partial charge in [0.15, 0.2) is 17.2 Å². The van der Waals surface area contributed by atoms with Crippen LogP contribution in [0.3, 0.4) is 0 Å². The van der Waals surface area contributed by atoms with Crippen LogP contribution in [0.2, 0.25) is 0 Å². The molecule has 0 radical (unpaired) electrons. The summed E-state index contributed by atoms with van der Waals surface area (Å²) in [5.74, 6) is -1.98. The van der Waals surface area contributed by atoms with Crippen molar-refractivity contribution in [2.24, 2.45) is 28.6 Å². The Hall–Kier alpha value is -1.15. The quantitative estimate of drug-likeness (QED) is 0.546. The Labute approximate surface area is 163 Å². The molecule has 4 N–H and O–H groups in total. The van der Waals surface area contributed by atoms with Crippen molar-refractivity contribution < 1.29 is 34.4 Å². The molecule has 6 unspecified atom stereocenters. The summed E-state index contributed by atoms with van der Waals surface area (Å²) in [6.45, 7) is 2.65. The molecule has 28 heavy (non-hydrogen) atoms. The number of fused-ring (bicyclic) bond motifs is 5. The molecule has 4 aliphatic carbocycles. The van der Waals surface area contributed by atoms with Gasteiger partial charge in [-0.2, -0.15) is 0 Å². The molecular weight excluding hydrogens is 367 g/mol. The van der Waals surface area contributed by atoms with E-state index in [1.807, 2.05) is 6.92 Å². The van der Waals surface area contributed by atoms with Crippen LogP contribution in [0.1, 0.15) is 46.0 Å². The highest BCUT2D eigenvalue weighted by Crippen LogP contribution is 2.67. The number of hydrogen-bond donors (Lipinski definition) is 4. The number of rotatable bonds is 2. The van der Waals surface area contributed by atoms with Crippen molar-refractivity contribution in [3.63, 3.8) is 0 Å². The van der Waals surface area contributed by atoms with Crippen molar-refractivity contribution in [3.8, 4) is 0 Å². The molecule has 7 heteroatoms. The van der Waals surface area contributed by atoms with E-state index in [0.717, 1.165) is 0 Å². The Morgan fingerprint density at radius 1 is 1.29 bits per heavy atom. The molecule has 0 aliphatic heterocycles. The second-order valence-electron chi connectivity index (χ2n) is 9.77. The predicted octanol–water partition coefficient (Wildman–Crippen LogP) is 0.700. The minimum Gasteiger partial charge on any atom is -0.393 e. The van der Waals surface area contributed by atoms with Crippen LogP contribution >= 0.6 is 0 Å². The summed E-state index contributed by atoms with van der Waals surface area (Å²) >= 11 is 0. The summed E-state index contributed by atoms with van der Waals surface area (Å²) in [5, 5.41) is 42.3. The topological polar surface area (TPSA) is 115 Å². The standard InChI is InChI=1S/C21H29FO6/c1-19-4-3-10(24)5-13(19)14(22)6-11-12-7-16(26)21(28,17(27)9-23)20(12,2)8-15(25)18(11)19/h5,11-12,14-16,18,23,25-26,28H,3-4,6-9H2,1-2H3/t11?,12?,14-,15?,16+,18?,19?,20?,21-/m0/s1. The van der Waals surface area contributed by atoms with Crippen molar-refractivity contribution in [2.75, 3.05) is 6.61 Å². The van der Waals surface area contributed by atoms with E-state index in [9.17, 15) is 30.0 Å². The van der Waals surface area contributed by atoms with Crippen molar-refractivity contribution in [2.45, 2.75) is 69.9 Å². The lowest BCUT2D eigenvalue weighted by atomic mass is 9.45. The summed E-state index contributed by atoms with van der Waals surface area (Å²) in [6, 6.07) is 0. The van der Waals surface area contributed by atoms with Crippen molar-refractivity contribution in [1.29, 1.82) is 0 Å². The highest BCUT2D eigenvalue weighted by Gasteiger charge is 2.72. The number of carbonyl (C=O) groups excluding carboxylic acids is 2. The molecule has 0 spiro atoms. The molecule has 0 aromatic carbocycles. The van der Waals surface area contributed by atoms with Gasteiger partial charge in [0.2, 0.25) is 0 Å². The molecular formula is C21H29FO6. The minimum atomic E-state index is -2.16. The molecule has 156 valence electrons. The summed E-state index contributed by atoms with van der Waals surface area (Å²) in [7, 11) is 0. The first kappa shape index (κ1) is 20.1. The van der Waals surface area contributed by atoms with E-state index in [-0.39, 0.29) is 42.8 Å². The fourth-order valence-corrected chi connectivity index (χ4v) is 7.33. The predicted molar refractivity (Wildman–Crippen MR) is 96.8 cm³/mol. The van der Waals surface area contributed by atoms with Gasteiger partial charge in [-0.05, 0) is 60.5 Å². The molecule has 0 aromatic rings. The van der Waals surface area contributed by atoms with E-state index in [4.69, 9.17) is 0 Å². The Morgan fingerprint density at radius 3 is 2.61 bits per heavy atom. The van der Waals surface area contributed by atoms with Crippen LogP contribution in [0.5, 0.6) is 0 Å². The van der Waals surface area contributed by atoms with Crippen molar-refractivity contribution in [3.05, 3.63) is 11.6 Å². The molecule has 0 saturated heterocycles. The normalized spacial score (nSPS) is 53.1. The second kappa shape index (κ2) is 6.17. The monoisotopic (exact) mass is 396 g/mol. The SMILES string of the molecule is CC12CCC(=O)C=C1[C@@H](F)CC1C2C(O)CC2(C)C1C[C@@H](O)[C@]2(O)C(=O)CO. The van der Waals surface area contributed by atoms with Crippen LogP contribution < -0.4 is 0 Å². The van der Waals surface area contributed by atoms with Crippen LogP contribution in [-0.2, 0) is 9.59 Å². The number of halogens is 1. The third-order valence-corrected chi connectivity index (χ3v) is 8.66. The molecule has 9 atom stereocenters. The summed E-state index contributed by atoms with van der Waals surface area (Å²) in [6.07, 6.45) is -1.16. The maximum atomic E-state index is 15.2. The first-order valence-corrected chi connectivity index (χ1v) is 10.1. The van der Waals surface area contributed by atoms with Gasteiger partial charge in [0.25, 0.3) is 0 Å². The number of ketones is 2. The highest BCUT2D eigenvalue weighted by atomic mass is 19.1. The Bertz CT molecular complexity index is 751. The van der Waals surface area contributed by atoms with Crippen molar-refractivity contribution in [1.82, 2.24) is 0 Å². The lowest BCUT2D eigenvalue weighted by Gasteiger charge is -2.60. The fourth-order valence-electron chi connectivity index (χ4n) is 7.33. The molecule has 0 aromatic heterocycles. The molecule has 3 saturated carbocycles. The van der Waals surface area contributed by atoms with Crippen LogP contribution in [0.25, 0.3) is 0 Å². The Kier molecular flexibility index (Phi) is 4.44. The number of aliphatic hydroxyl groups excluding tert-OH is 3. The van der Waals surface area contributed by atoms with Gasteiger partial charge in [0.1, 0.15) is 12.8 Å². The van der Waals surface area contributed by atoms with Crippen LogP contribution in [0, 0.1) is 28.6 Å². The number of Topliss-reactive ketones (excluding diaryl/α,β-unsaturated/α-hetero) is 1. The zero-order chi connectivity index (χ0) is 20.6. The van der Waals surface area contributed by atoms with E-state index in [0.29, 0.717) is 18.4 Å². The largest absolute Gasteiger partial charge is 0.393 e. The van der Waals surface area contributed by atoms with E-state index in [1.165, 1.54) is 6.08 Å². The first-order valence-electron chi connectivity index (χ1n) is 10.1. The third kappa shape index (κ3) is 2.27. The number of hydrogen-bond acceptors (Lipinski definition) is 6. The zero-order valence-electron chi connectivity index (χ0n) is 16.3. The summed E-state index contributed by atoms with van der Waals surface area (Å²) < 4.78 is 15.2. The fraction of sp³-hybridized carbons (Fsp3) is 0.810. The van der Waals surface area contributed by atoms with Gasteiger partial charge >= 0.3 is 0 Å². The average molecular weight is 396 g/mol. The third-order valence-electron chi connectivity index (χ3n) is 8.66. The highest BCUT2D eigenvalue weighted by molar-refractivity contribution is 5.92. The van der Waals surface area contributed by atoms with Crippen molar-refractivity contribution >= 4 is 11.6 Å².